The van der Waals surface area contributed by atoms with Gasteiger partial charge in [-0.1, -0.05) is 13.8 Å². The van der Waals surface area contributed by atoms with Crippen LogP contribution in [-0.2, 0) is 6.61 Å². The summed E-state index contributed by atoms with van der Waals surface area (Å²) in [7, 11) is 1.28. The fourth-order valence-corrected chi connectivity index (χ4v) is 2.94. The molecule has 0 aliphatic carbocycles. The highest BCUT2D eigenvalue weighted by atomic mass is 16.5. The summed E-state index contributed by atoms with van der Waals surface area (Å²) in [4.78, 5) is 24.4. The maximum Gasteiger partial charge on any atom is 0.343 e. The van der Waals surface area contributed by atoms with Gasteiger partial charge in [0.2, 0.25) is 0 Å². The monoisotopic (exact) mass is 388 g/mol. The average Bonchev–Trinajstić information content (AvgIpc) is 2.61. The Morgan fingerprint density at radius 3 is 2.36 bits per heavy atom. The Labute approximate surface area is 163 Å². The van der Waals surface area contributed by atoms with Crippen molar-refractivity contribution >= 4 is 11.8 Å². The van der Waals surface area contributed by atoms with Crippen molar-refractivity contribution in [3.8, 4) is 23.0 Å². The molecule has 2 rings (SSSR count). The summed E-state index contributed by atoms with van der Waals surface area (Å²) >= 11 is 0. The number of ether oxygens (including phenoxy) is 2. The highest BCUT2D eigenvalue weighted by molar-refractivity contribution is 6.04. The first-order valence-corrected chi connectivity index (χ1v) is 8.78. The standard InChI is InChI=1S/C21H24O7/c1-11(2)7-15(23)14-5-6-17(18(21(25)26)20(14)27-4)28-19-13(10-22)8-12(3)9-16(19)24/h5-6,8-9,11,22,24H,7,10H2,1-4H3,(H,25,26). The van der Waals surface area contributed by atoms with Crippen LogP contribution < -0.4 is 9.47 Å². The van der Waals surface area contributed by atoms with Crippen LogP contribution in [0.5, 0.6) is 23.0 Å². The SMILES string of the molecule is COc1c(C(=O)CC(C)C)ccc(Oc2c(O)cc(C)cc2CO)c1C(=O)O. The van der Waals surface area contributed by atoms with Gasteiger partial charge in [0.1, 0.15) is 17.1 Å². The molecule has 0 spiro atoms. The fourth-order valence-electron chi connectivity index (χ4n) is 2.94. The van der Waals surface area contributed by atoms with Crippen molar-refractivity contribution in [3.05, 3.63) is 46.5 Å². The molecule has 3 N–H and O–H groups in total. The van der Waals surface area contributed by atoms with Gasteiger partial charge in [-0.3, -0.25) is 4.79 Å². The smallest absolute Gasteiger partial charge is 0.343 e. The Balaban J connectivity index is 2.61. The lowest BCUT2D eigenvalue weighted by Crippen LogP contribution is -2.11. The number of Topliss-reactive ketones (excluding diaryl/α,β-unsaturated/α-hetero) is 1. The highest BCUT2D eigenvalue weighted by Crippen LogP contribution is 2.40. The lowest BCUT2D eigenvalue weighted by molar-refractivity contribution is 0.0690. The molecule has 2 aromatic carbocycles. The van der Waals surface area contributed by atoms with Crippen LogP contribution in [0.1, 0.15) is 52.1 Å². The first kappa shape index (κ1) is 21.2. The molecule has 0 bridgehead atoms. The van der Waals surface area contributed by atoms with Gasteiger partial charge in [0.05, 0.1) is 19.3 Å². The lowest BCUT2D eigenvalue weighted by atomic mass is 9.98. The zero-order chi connectivity index (χ0) is 21.0. The van der Waals surface area contributed by atoms with Crippen LogP contribution >= 0.6 is 0 Å². The summed E-state index contributed by atoms with van der Waals surface area (Å²) in [6, 6.07) is 5.84. The zero-order valence-electron chi connectivity index (χ0n) is 16.3. The zero-order valence-corrected chi connectivity index (χ0v) is 16.3. The van der Waals surface area contributed by atoms with Crippen LogP contribution in [0.3, 0.4) is 0 Å². The van der Waals surface area contributed by atoms with E-state index in [1.54, 1.807) is 13.0 Å². The molecule has 0 aromatic heterocycles. The number of hydrogen-bond acceptors (Lipinski definition) is 6. The van der Waals surface area contributed by atoms with E-state index in [-0.39, 0.29) is 52.2 Å². The Morgan fingerprint density at radius 1 is 1.14 bits per heavy atom. The minimum absolute atomic E-state index is 0.0566. The molecule has 0 fully saturated rings. The number of carbonyl (C=O) groups excluding carboxylic acids is 1. The molecule has 0 atom stereocenters. The molecule has 2 aromatic rings. The normalized spacial score (nSPS) is 10.8. The predicted molar refractivity (Wildman–Crippen MR) is 103 cm³/mol. The molecule has 0 saturated carbocycles. The molecular weight excluding hydrogens is 364 g/mol. The molecule has 0 amide bonds. The minimum atomic E-state index is -1.34. The number of benzene rings is 2. The molecule has 0 unspecified atom stereocenters. The van der Waals surface area contributed by atoms with Crippen molar-refractivity contribution in [3.63, 3.8) is 0 Å². The van der Waals surface area contributed by atoms with E-state index in [2.05, 4.69) is 0 Å². The van der Waals surface area contributed by atoms with Crippen molar-refractivity contribution in [2.75, 3.05) is 7.11 Å². The molecule has 7 nitrogen and oxygen atoms in total. The van der Waals surface area contributed by atoms with E-state index in [4.69, 9.17) is 9.47 Å². The molecule has 0 aliphatic heterocycles. The number of hydrogen-bond donors (Lipinski definition) is 3. The number of aromatic hydroxyl groups is 1. The lowest BCUT2D eigenvalue weighted by Gasteiger charge is -2.17. The third-order valence-corrected chi connectivity index (χ3v) is 4.10. The summed E-state index contributed by atoms with van der Waals surface area (Å²) < 4.78 is 10.9. The highest BCUT2D eigenvalue weighted by Gasteiger charge is 2.26. The van der Waals surface area contributed by atoms with Gasteiger partial charge in [-0.15, -0.1) is 0 Å². The first-order chi connectivity index (χ1) is 13.2. The van der Waals surface area contributed by atoms with E-state index in [1.165, 1.54) is 25.3 Å². The number of ketones is 1. The van der Waals surface area contributed by atoms with Crippen LogP contribution in [0.2, 0.25) is 0 Å². The van der Waals surface area contributed by atoms with Crippen molar-refractivity contribution in [2.24, 2.45) is 5.92 Å². The molecule has 28 heavy (non-hydrogen) atoms. The number of aliphatic hydroxyl groups is 1. The first-order valence-electron chi connectivity index (χ1n) is 8.78. The summed E-state index contributed by atoms with van der Waals surface area (Å²) in [5, 5.41) is 29.4. The van der Waals surface area contributed by atoms with Gasteiger partial charge in [-0.25, -0.2) is 4.79 Å². The van der Waals surface area contributed by atoms with Gasteiger partial charge in [-0.2, -0.15) is 0 Å². The Morgan fingerprint density at radius 2 is 1.82 bits per heavy atom. The fraction of sp³-hybridized carbons (Fsp3) is 0.333. The topological polar surface area (TPSA) is 113 Å². The van der Waals surface area contributed by atoms with Crippen LogP contribution in [0.4, 0.5) is 0 Å². The quantitative estimate of drug-likeness (QED) is 0.587. The van der Waals surface area contributed by atoms with Gasteiger partial charge in [0.25, 0.3) is 0 Å². The van der Waals surface area contributed by atoms with E-state index in [0.29, 0.717) is 11.1 Å². The number of phenols is 1. The Hall–Kier alpha value is -3.06. The Bertz CT molecular complexity index is 900. The second-order valence-electron chi connectivity index (χ2n) is 6.88. The Kier molecular flexibility index (Phi) is 6.64. The van der Waals surface area contributed by atoms with Crippen LogP contribution in [0.15, 0.2) is 24.3 Å². The number of methoxy groups -OCH3 is 1. The maximum atomic E-state index is 12.5. The molecule has 7 heteroatoms. The minimum Gasteiger partial charge on any atom is -0.504 e. The van der Waals surface area contributed by atoms with E-state index >= 15 is 0 Å². The van der Waals surface area contributed by atoms with E-state index in [1.807, 2.05) is 13.8 Å². The van der Waals surface area contributed by atoms with E-state index in [0.717, 1.165) is 0 Å². The second-order valence-corrected chi connectivity index (χ2v) is 6.88. The number of carboxylic acid groups (broad SMARTS) is 1. The largest absolute Gasteiger partial charge is 0.504 e. The van der Waals surface area contributed by atoms with Crippen LogP contribution in [-0.4, -0.2) is 34.2 Å². The molecule has 0 radical (unpaired) electrons. The van der Waals surface area contributed by atoms with Gasteiger partial charge in [0.15, 0.2) is 17.3 Å². The van der Waals surface area contributed by atoms with Crippen molar-refractivity contribution < 1.29 is 34.4 Å². The van der Waals surface area contributed by atoms with Gasteiger partial charge in [0, 0.05) is 12.0 Å². The number of aromatic carboxylic acids is 1. The van der Waals surface area contributed by atoms with Gasteiger partial charge in [-0.05, 0) is 42.7 Å². The van der Waals surface area contributed by atoms with Gasteiger partial charge < -0.3 is 24.8 Å². The third kappa shape index (κ3) is 4.43. The molecule has 0 saturated heterocycles. The van der Waals surface area contributed by atoms with Crippen molar-refractivity contribution in [1.29, 1.82) is 0 Å². The molecular formula is C21H24O7. The number of carbonyl (C=O) groups is 2. The summed E-state index contributed by atoms with van der Waals surface area (Å²) in [5.41, 5.74) is 0.824. The number of rotatable bonds is 8. The number of aliphatic hydroxyl groups excluding tert-OH is 1. The number of carboxylic acids is 1. The van der Waals surface area contributed by atoms with Crippen molar-refractivity contribution in [1.82, 2.24) is 0 Å². The summed E-state index contributed by atoms with van der Waals surface area (Å²) in [6.45, 7) is 5.10. The van der Waals surface area contributed by atoms with Crippen LogP contribution in [0.25, 0.3) is 0 Å². The molecule has 150 valence electrons. The van der Waals surface area contributed by atoms with E-state index < -0.39 is 12.6 Å². The van der Waals surface area contributed by atoms with Gasteiger partial charge >= 0.3 is 5.97 Å². The van der Waals surface area contributed by atoms with E-state index in [9.17, 15) is 24.9 Å². The third-order valence-electron chi connectivity index (χ3n) is 4.10. The predicted octanol–water partition coefficient (Wildman–Crippen LogP) is 3.92. The maximum absolute atomic E-state index is 12.5. The van der Waals surface area contributed by atoms with Crippen molar-refractivity contribution in [2.45, 2.75) is 33.8 Å². The van der Waals surface area contributed by atoms with Crippen LogP contribution in [0, 0.1) is 12.8 Å². The number of aryl methyl sites for hydroxylation is 1. The number of phenolic OH excluding ortho intramolecular Hbond substituents is 1. The average molecular weight is 388 g/mol. The second kappa shape index (κ2) is 8.75. The summed E-state index contributed by atoms with van der Waals surface area (Å²) in [6.07, 6.45) is 0.239. The molecule has 0 heterocycles. The summed E-state index contributed by atoms with van der Waals surface area (Å²) in [5.74, 6) is -2.00. The molecule has 0 aliphatic rings.